The molecule has 0 unspecified atom stereocenters. The van der Waals surface area contributed by atoms with E-state index < -0.39 is 46.7 Å². The Morgan fingerprint density at radius 2 is 1.77 bits per heavy atom. The number of β-amino-alcohol motifs (C(OH)–C–C–N with tert-alkyl or cyclic N) is 1. The van der Waals surface area contributed by atoms with Crippen LogP contribution in [0.15, 0.2) is 53.4 Å². The monoisotopic (exact) mass is 485 g/mol. The molecular formula is C20H21Cl2N3O5S. The molecule has 11 heteroatoms. The molecule has 1 aliphatic rings. The van der Waals surface area contributed by atoms with Crippen LogP contribution in [0.25, 0.3) is 0 Å². The van der Waals surface area contributed by atoms with Gasteiger partial charge in [0.1, 0.15) is 5.54 Å². The number of hydrogen-bond donors (Lipinski definition) is 2. The van der Waals surface area contributed by atoms with Crippen molar-refractivity contribution in [3.8, 4) is 0 Å². The number of anilines is 1. The maximum Gasteiger partial charge on any atom is 0.325 e. The molecule has 0 aliphatic carbocycles. The first-order valence-electron chi connectivity index (χ1n) is 9.28. The molecule has 31 heavy (non-hydrogen) atoms. The SMILES string of the molecule is CC1(C)NC(=O)N(C[C@H](O)CN(c2cc(Cl)ccc2Cl)S(=O)(=O)c2ccccc2)C1=O. The van der Waals surface area contributed by atoms with Crippen molar-refractivity contribution < 1.29 is 23.1 Å². The average Bonchev–Trinajstić information content (AvgIpc) is 2.90. The van der Waals surface area contributed by atoms with E-state index in [1.54, 1.807) is 18.2 Å². The van der Waals surface area contributed by atoms with Crippen molar-refractivity contribution in [3.63, 3.8) is 0 Å². The summed E-state index contributed by atoms with van der Waals surface area (Å²) in [7, 11) is -4.15. The molecule has 166 valence electrons. The second kappa shape index (κ2) is 8.66. The summed E-state index contributed by atoms with van der Waals surface area (Å²) in [5.41, 5.74) is -1.04. The molecular weight excluding hydrogens is 465 g/mol. The predicted octanol–water partition coefficient (Wildman–Crippen LogP) is 2.88. The number of halogens is 2. The summed E-state index contributed by atoms with van der Waals surface area (Å²) >= 11 is 12.3. The van der Waals surface area contributed by atoms with Gasteiger partial charge >= 0.3 is 6.03 Å². The maximum atomic E-state index is 13.4. The molecule has 0 radical (unpaired) electrons. The van der Waals surface area contributed by atoms with Crippen LogP contribution in [-0.2, 0) is 14.8 Å². The third-order valence-corrected chi connectivity index (χ3v) is 7.07. The standard InChI is InChI=1S/C20H21Cl2N3O5S/c1-20(2)18(27)24(19(28)23-20)11-14(26)12-25(17-10-13(21)8-9-16(17)22)31(29,30)15-6-4-3-5-7-15/h3-10,14,26H,11-12H2,1-2H3,(H,23,28)/t14-/m0/s1. The van der Waals surface area contributed by atoms with E-state index in [-0.39, 0.29) is 20.6 Å². The number of urea groups is 1. The summed E-state index contributed by atoms with van der Waals surface area (Å²) in [5, 5.41) is 13.5. The highest BCUT2D eigenvalue weighted by molar-refractivity contribution is 7.92. The number of aliphatic hydroxyl groups excluding tert-OH is 1. The lowest BCUT2D eigenvalue weighted by Gasteiger charge is -2.29. The number of nitrogens with zero attached hydrogens (tertiary/aromatic N) is 2. The van der Waals surface area contributed by atoms with Crippen LogP contribution in [0.1, 0.15) is 13.8 Å². The van der Waals surface area contributed by atoms with Crippen LogP contribution in [-0.4, -0.2) is 55.1 Å². The fourth-order valence-corrected chi connectivity index (χ4v) is 5.14. The van der Waals surface area contributed by atoms with E-state index in [0.29, 0.717) is 0 Å². The van der Waals surface area contributed by atoms with Crippen LogP contribution in [0.5, 0.6) is 0 Å². The van der Waals surface area contributed by atoms with Gasteiger partial charge in [0.25, 0.3) is 15.9 Å². The number of aliphatic hydroxyl groups is 1. The average molecular weight is 486 g/mol. The Kier molecular flexibility index (Phi) is 6.52. The molecule has 2 N–H and O–H groups in total. The molecule has 1 heterocycles. The largest absolute Gasteiger partial charge is 0.389 e. The van der Waals surface area contributed by atoms with Crippen molar-refractivity contribution in [1.29, 1.82) is 0 Å². The fraction of sp³-hybridized carbons (Fsp3) is 0.300. The Morgan fingerprint density at radius 1 is 1.13 bits per heavy atom. The fourth-order valence-electron chi connectivity index (χ4n) is 3.17. The van der Waals surface area contributed by atoms with Gasteiger partial charge in [-0.05, 0) is 44.2 Å². The topological polar surface area (TPSA) is 107 Å². The molecule has 0 bridgehead atoms. The Hall–Kier alpha value is -2.33. The van der Waals surface area contributed by atoms with E-state index in [2.05, 4.69) is 5.32 Å². The van der Waals surface area contributed by atoms with Crippen LogP contribution >= 0.6 is 23.2 Å². The minimum Gasteiger partial charge on any atom is -0.389 e. The van der Waals surface area contributed by atoms with Gasteiger partial charge in [0.05, 0.1) is 34.8 Å². The quantitative estimate of drug-likeness (QED) is 0.586. The van der Waals surface area contributed by atoms with E-state index in [1.165, 1.54) is 44.2 Å². The predicted molar refractivity (Wildman–Crippen MR) is 118 cm³/mol. The van der Waals surface area contributed by atoms with Crippen molar-refractivity contribution in [3.05, 3.63) is 58.6 Å². The molecule has 0 saturated carbocycles. The number of rotatable bonds is 7. The second-order valence-corrected chi connectivity index (χ2v) is 10.3. The smallest absolute Gasteiger partial charge is 0.325 e. The highest BCUT2D eigenvalue weighted by atomic mass is 35.5. The zero-order valence-electron chi connectivity index (χ0n) is 16.7. The summed E-state index contributed by atoms with van der Waals surface area (Å²) in [6, 6.07) is 11.3. The Balaban J connectivity index is 1.95. The van der Waals surface area contributed by atoms with Gasteiger partial charge in [0.2, 0.25) is 0 Å². The van der Waals surface area contributed by atoms with Crippen molar-refractivity contribution in [2.75, 3.05) is 17.4 Å². The lowest BCUT2D eigenvalue weighted by molar-refractivity contribution is -0.131. The number of carbonyl (C=O) groups is 2. The molecule has 1 aliphatic heterocycles. The van der Waals surface area contributed by atoms with Crippen LogP contribution in [0.3, 0.4) is 0 Å². The van der Waals surface area contributed by atoms with E-state index in [9.17, 15) is 23.1 Å². The van der Waals surface area contributed by atoms with E-state index in [4.69, 9.17) is 23.2 Å². The Morgan fingerprint density at radius 3 is 2.35 bits per heavy atom. The molecule has 2 aromatic rings. The summed E-state index contributed by atoms with van der Waals surface area (Å²) in [6.07, 6.45) is -1.39. The van der Waals surface area contributed by atoms with Crippen molar-refractivity contribution in [2.24, 2.45) is 0 Å². The number of carbonyl (C=O) groups excluding carboxylic acids is 2. The van der Waals surface area contributed by atoms with Gasteiger partial charge in [0.15, 0.2) is 0 Å². The summed E-state index contributed by atoms with van der Waals surface area (Å²) < 4.78 is 27.6. The van der Waals surface area contributed by atoms with E-state index >= 15 is 0 Å². The van der Waals surface area contributed by atoms with Crippen molar-refractivity contribution >= 4 is 50.9 Å². The molecule has 2 aromatic carbocycles. The molecule has 3 rings (SSSR count). The number of nitrogens with one attached hydrogen (secondary N) is 1. The van der Waals surface area contributed by atoms with E-state index in [0.717, 1.165) is 9.21 Å². The van der Waals surface area contributed by atoms with E-state index in [1.807, 2.05) is 0 Å². The van der Waals surface area contributed by atoms with Gasteiger partial charge in [0, 0.05) is 5.02 Å². The summed E-state index contributed by atoms with van der Waals surface area (Å²) in [5.74, 6) is -0.519. The first-order valence-corrected chi connectivity index (χ1v) is 11.5. The molecule has 1 atom stereocenters. The molecule has 0 spiro atoms. The van der Waals surface area contributed by atoms with Gasteiger partial charge in [-0.2, -0.15) is 0 Å². The highest BCUT2D eigenvalue weighted by Gasteiger charge is 2.45. The minimum absolute atomic E-state index is 0.0191. The first-order chi connectivity index (χ1) is 14.4. The van der Waals surface area contributed by atoms with Crippen molar-refractivity contribution in [1.82, 2.24) is 10.2 Å². The van der Waals surface area contributed by atoms with Gasteiger partial charge in [-0.25, -0.2) is 13.2 Å². The summed E-state index contributed by atoms with van der Waals surface area (Å²) in [6.45, 7) is 2.22. The molecule has 1 fully saturated rings. The minimum atomic E-state index is -4.15. The zero-order valence-corrected chi connectivity index (χ0v) is 19.1. The molecule has 0 aromatic heterocycles. The number of benzene rings is 2. The van der Waals surface area contributed by atoms with Gasteiger partial charge in [-0.3, -0.25) is 14.0 Å². The lowest BCUT2D eigenvalue weighted by Crippen LogP contribution is -2.45. The second-order valence-electron chi connectivity index (χ2n) is 7.57. The maximum absolute atomic E-state index is 13.4. The normalized spacial score (nSPS) is 16.9. The van der Waals surface area contributed by atoms with Gasteiger partial charge in [-0.1, -0.05) is 41.4 Å². The highest BCUT2D eigenvalue weighted by Crippen LogP contribution is 2.33. The van der Waals surface area contributed by atoms with Gasteiger partial charge in [-0.15, -0.1) is 0 Å². The first kappa shape index (κ1) is 23.3. The number of sulfonamides is 1. The van der Waals surface area contributed by atoms with Crippen molar-refractivity contribution in [2.45, 2.75) is 30.4 Å². The number of hydrogen-bond acceptors (Lipinski definition) is 5. The lowest BCUT2D eigenvalue weighted by atomic mass is 10.1. The van der Waals surface area contributed by atoms with Crippen LogP contribution in [0.2, 0.25) is 10.0 Å². The zero-order chi connectivity index (χ0) is 23.0. The molecule has 1 saturated heterocycles. The number of imide groups is 1. The third kappa shape index (κ3) is 4.79. The Bertz CT molecular complexity index is 1110. The molecule has 3 amide bonds. The Labute approximate surface area is 190 Å². The van der Waals surface area contributed by atoms with Gasteiger partial charge < -0.3 is 10.4 Å². The van der Waals surface area contributed by atoms with Crippen LogP contribution < -0.4 is 9.62 Å². The number of amides is 3. The third-order valence-electron chi connectivity index (χ3n) is 4.72. The molecule has 8 nitrogen and oxygen atoms in total. The van der Waals surface area contributed by atoms with Crippen LogP contribution in [0.4, 0.5) is 10.5 Å². The summed E-state index contributed by atoms with van der Waals surface area (Å²) in [4.78, 5) is 25.4. The van der Waals surface area contributed by atoms with Crippen LogP contribution in [0, 0.1) is 0 Å².